The number of hydrogen-bond acceptors (Lipinski definition) is 2. The topological polar surface area (TPSA) is 71.3 Å². The molecule has 6 heteroatoms. The van der Waals surface area contributed by atoms with Crippen molar-refractivity contribution in [3.05, 3.63) is 23.0 Å². The van der Waals surface area contributed by atoms with E-state index in [0.29, 0.717) is 23.6 Å². The zero-order chi connectivity index (χ0) is 13.3. The number of aliphatic carboxylic acids is 1. The largest absolute Gasteiger partial charge is 0.481 e. The van der Waals surface area contributed by atoms with Gasteiger partial charge in [0, 0.05) is 13.2 Å². The van der Waals surface area contributed by atoms with Gasteiger partial charge in [0.2, 0.25) is 0 Å². The third-order valence-corrected chi connectivity index (χ3v) is 3.59. The number of halogens is 1. The molecule has 0 saturated heterocycles. The maximum Gasteiger partial charge on any atom is 0.305 e. The zero-order valence-corrected chi connectivity index (χ0v) is 10.8. The first-order chi connectivity index (χ1) is 8.42. The lowest BCUT2D eigenvalue weighted by Crippen LogP contribution is -2.54. The first-order valence-electron chi connectivity index (χ1n) is 5.78. The number of rotatable bonds is 4. The molecule has 1 heterocycles. The van der Waals surface area contributed by atoms with Crippen LogP contribution in [0.5, 0.6) is 0 Å². The van der Waals surface area contributed by atoms with Gasteiger partial charge in [-0.2, -0.15) is 0 Å². The number of carboxylic acids is 1. The second kappa shape index (κ2) is 4.65. The lowest BCUT2D eigenvalue weighted by Gasteiger charge is -2.41. The third kappa shape index (κ3) is 2.51. The van der Waals surface area contributed by atoms with Crippen molar-refractivity contribution in [3.63, 3.8) is 0 Å². The number of nitrogens with zero attached hydrogens (tertiary/aromatic N) is 1. The number of carbonyl (C=O) groups is 2. The fourth-order valence-corrected chi connectivity index (χ4v) is 2.54. The fourth-order valence-electron chi connectivity index (χ4n) is 2.29. The molecule has 1 saturated carbocycles. The van der Waals surface area contributed by atoms with E-state index in [9.17, 15) is 9.59 Å². The molecular weight excluding hydrogens is 256 g/mol. The molecule has 18 heavy (non-hydrogen) atoms. The smallest absolute Gasteiger partial charge is 0.305 e. The molecular formula is C12H15ClN2O3. The van der Waals surface area contributed by atoms with E-state index in [1.54, 1.807) is 23.9 Å². The summed E-state index contributed by atoms with van der Waals surface area (Å²) in [5, 5.41) is 12.2. The lowest BCUT2D eigenvalue weighted by molar-refractivity contribution is -0.139. The molecule has 5 nitrogen and oxygen atoms in total. The van der Waals surface area contributed by atoms with Crippen LogP contribution in [-0.2, 0) is 11.8 Å². The molecule has 0 unspecified atom stereocenters. The van der Waals surface area contributed by atoms with E-state index < -0.39 is 11.5 Å². The number of amides is 1. The van der Waals surface area contributed by atoms with Gasteiger partial charge in [-0.05, 0) is 25.3 Å². The van der Waals surface area contributed by atoms with E-state index in [4.69, 9.17) is 16.7 Å². The van der Waals surface area contributed by atoms with E-state index in [0.717, 1.165) is 6.42 Å². The zero-order valence-electron chi connectivity index (χ0n) is 10.1. The number of aryl methyl sites for hydroxylation is 1. The van der Waals surface area contributed by atoms with E-state index in [-0.39, 0.29) is 12.3 Å². The van der Waals surface area contributed by atoms with Crippen molar-refractivity contribution in [2.45, 2.75) is 31.2 Å². The van der Waals surface area contributed by atoms with Crippen LogP contribution in [0, 0.1) is 0 Å². The van der Waals surface area contributed by atoms with Crippen molar-refractivity contribution in [2.75, 3.05) is 0 Å². The summed E-state index contributed by atoms with van der Waals surface area (Å²) in [5.41, 5.74) is -0.142. The molecule has 2 rings (SSSR count). The summed E-state index contributed by atoms with van der Waals surface area (Å²) in [6, 6.07) is 1.57. The quantitative estimate of drug-likeness (QED) is 0.876. The minimum atomic E-state index is -0.889. The Morgan fingerprint density at radius 2 is 2.22 bits per heavy atom. The Kier molecular flexibility index (Phi) is 3.34. The Labute approximate surface area is 110 Å². The standard InChI is InChI=1S/C12H15ClN2O3/c1-15-7-8(13)5-9(15)11(18)14-12(3-2-4-12)6-10(16)17/h5,7H,2-4,6H2,1H3,(H,14,18)(H,16,17). The normalized spacial score (nSPS) is 17.0. The van der Waals surface area contributed by atoms with Crippen LogP contribution in [0.4, 0.5) is 0 Å². The van der Waals surface area contributed by atoms with Crippen LogP contribution < -0.4 is 5.32 Å². The lowest BCUT2D eigenvalue weighted by atomic mass is 9.74. The summed E-state index contributed by atoms with van der Waals surface area (Å²) in [7, 11) is 1.73. The summed E-state index contributed by atoms with van der Waals surface area (Å²) in [6.45, 7) is 0. The van der Waals surface area contributed by atoms with Crippen molar-refractivity contribution in [1.29, 1.82) is 0 Å². The third-order valence-electron chi connectivity index (χ3n) is 3.38. The van der Waals surface area contributed by atoms with Gasteiger partial charge < -0.3 is 15.0 Å². The van der Waals surface area contributed by atoms with Crippen LogP contribution >= 0.6 is 11.6 Å². The van der Waals surface area contributed by atoms with Gasteiger partial charge in [0.1, 0.15) is 5.69 Å². The molecule has 0 bridgehead atoms. The number of aromatic nitrogens is 1. The molecule has 0 radical (unpaired) electrons. The van der Waals surface area contributed by atoms with E-state index in [1.807, 2.05) is 0 Å². The fraction of sp³-hybridized carbons (Fsp3) is 0.500. The minimum Gasteiger partial charge on any atom is -0.481 e. The maximum atomic E-state index is 12.1. The first-order valence-corrected chi connectivity index (χ1v) is 6.16. The second-order valence-corrected chi connectivity index (χ2v) is 5.25. The molecule has 1 amide bonds. The first kappa shape index (κ1) is 13.0. The molecule has 1 aromatic rings. The van der Waals surface area contributed by atoms with Crippen molar-refractivity contribution in [2.24, 2.45) is 7.05 Å². The Morgan fingerprint density at radius 1 is 1.56 bits per heavy atom. The molecule has 2 N–H and O–H groups in total. The van der Waals surface area contributed by atoms with Crippen LogP contribution in [0.3, 0.4) is 0 Å². The second-order valence-electron chi connectivity index (χ2n) is 4.81. The van der Waals surface area contributed by atoms with Gasteiger partial charge in [-0.25, -0.2) is 0 Å². The molecule has 98 valence electrons. The van der Waals surface area contributed by atoms with Gasteiger partial charge in [-0.3, -0.25) is 9.59 Å². The number of carboxylic acid groups (broad SMARTS) is 1. The molecule has 0 spiro atoms. The van der Waals surface area contributed by atoms with Gasteiger partial charge in [-0.15, -0.1) is 0 Å². The highest BCUT2D eigenvalue weighted by Crippen LogP contribution is 2.35. The Morgan fingerprint density at radius 3 is 2.61 bits per heavy atom. The van der Waals surface area contributed by atoms with Crippen molar-refractivity contribution in [1.82, 2.24) is 9.88 Å². The highest BCUT2D eigenvalue weighted by Gasteiger charge is 2.40. The molecule has 0 aliphatic heterocycles. The number of nitrogens with one attached hydrogen (secondary N) is 1. The summed E-state index contributed by atoms with van der Waals surface area (Å²) in [5.74, 6) is -1.16. The Hall–Kier alpha value is -1.49. The molecule has 1 fully saturated rings. The molecule has 1 aromatic heterocycles. The predicted octanol–water partition coefficient (Wildman–Crippen LogP) is 1.81. The molecule has 1 aliphatic rings. The summed E-state index contributed by atoms with van der Waals surface area (Å²) >= 11 is 5.82. The highest BCUT2D eigenvalue weighted by molar-refractivity contribution is 6.31. The van der Waals surface area contributed by atoms with Crippen LogP contribution in [0.25, 0.3) is 0 Å². The van der Waals surface area contributed by atoms with Gasteiger partial charge in [0.15, 0.2) is 0 Å². The van der Waals surface area contributed by atoms with Gasteiger partial charge in [0.25, 0.3) is 5.91 Å². The van der Waals surface area contributed by atoms with E-state index in [2.05, 4.69) is 5.32 Å². The highest BCUT2D eigenvalue weighted by atomic mass is 35.5. The monoisotopic (exact) mass is 270 g/mol. The SMILES string of the molecule is Cn1cc(Cl)cc1C(=O)NC1(CC(=O)O)CCC1. The molecule has 0 aromatic carbocycles. The van der Waals surface area contributed by atoms with Crippen LogP contribution in [-0.4, -0.2) is 27.1 Å². The maximum absolute atomic E-state index is 12.1. The van der Waals surface area contributed by atoms with Gasteiger partial charge in [-0.1, -0.05) is 11.6 Å². The molecule has 0 atom stereocenters. The van der Waals surface area contributed by atoms with Gasteiger partial charge >= 0.3 is 5.97 Å². The minimum absolute atomic E-state index is 0.0309. The van der Waals surface area contributed by atoms with Crippen molar-refractivity contribution < 1.29 is 14.7 Å². The number of hydrogen-bond donors (Lipinski definition) is 2. The van der Waals surface area contributed by atoms with Crippen molar-refractivity contribution >= 4 is 23.5 Å². The van der Waals surface area contributed by atoms with Crippen LogP contribution in [0.15, 0.2) is 12.3 Å². The average Bonchev–Trinajstić information content (AvgIpc) is 2.53. The Bertz CT molecular complexity index is 492. The molecule has 1 aliphatic carbocycles. The summed E-state index contributed by atoms with van der Waals surface area (Å²) < 4.78 is 1.63. The predicted molar refractivity (Wildman–Crippen MR) is 66.7 cm³/mol. The average molecular weight is 271 g/mol. The number of carbonyl (C=O) groups excluding carboxylic acids is 1. The summed E-state index contributed by atoms with van der Waals surface area (Å²) in [4.78, 5) is 22.9. The van der Waals surface area contributed by atoms with E-state index in [1.165, 1.54) is 0 Å². The van der Waals surface area contributed by atoms with Crippen molar-refractivity contribution in [3.8, 4) is 0 Å². The van der Waals surface area contributed by atoms with E-state index >= 15 is 0 Å². The van der Waals surface area contributed by atoms with Gasteiger partial charge in [0.05, 0.1) is 17.0 Å². The van der Waals surface area contributed by atoms with Crippen LogP contribution in [0.2, 0.25) is 5.02 Å². The summed E-state index contributed by atoms with van der Waals surface area (Å²) in [6.07, 6.45) is 3.98. The van der Waals surface area contributed by atoms with Crippen LogP contribution in [0.1, 0.15) is 36.2 Å². The Balaban J connectivity index is 2.11.